The topological polar surface area (TPSA) is 72.0 Å². The van der Waals surface area contributed by atoms with Gasteiger partial charge in [0.2, 0.25) is 0 Å². The number of esters is 1. The number of rotatable bonds is 9. The van der Waals surface area contributed by atoms with Gasteiger partial charge in [-0.05, 0) is 97.4 Å². The van der Waals surface area contributed by atoms with Crippen LogP contribution in [0.15, 0.2) is 77.9 Å². The van der Waals surface area contributed by atoms with Crippen molar-refractivity contribution in [2.45, 2.75) is 26.7 Å². The van der Waals surface area contributed by atoms with Crippen molar-refractivity contribution in [2.75, 3.05) is 11.9 Å². The summed E-state index contributed by atoms with van der Waals surface area (Å²) < 4.78 is 11.1. The van der Waals surface area contributed by atoms with E-state index in [4.69, 9.17) is 21.7 Å². The molecule has 0 amide bonds. The van der Waals surface area contributed by atoms with E-state index in [0.717, 1.165) is 35.4 Å². The number of ether oxygens (including phenoxy) is 2. The third-order valence-corrected chi connectivity index (χ3v) is 4.80. The van der Waals surface area contributed by atoms with E-state index in [0.29, 0.717) is 23.0 Å². The Balaban J connectivity index is 1.47. The molecule has 0 saturated carbocycles. The van der Waals surface area contributed by atoms with E-state index < -0.39 is 5.97 Å². The smallest absolute Gasteiger partial charge is 0.343 e. The number of hydrogen-bond donors (Lipinski definition) is 2. The zero-order valence-electron chi connectivity index (χ0n) is 18.7. The Morgan fingerprint density at radius 2 is 1.76 bits per heavy atom. The van der Waals surface area contributed by atoms with Crippen LogP contribution >= 0.6 is 12.2 Å². The van der Waals surface area contributed by atoms with Crippen LogP contribution in [0.4, 0.5) is 5.69 Å². The summed E-state index contributed by atoms with van der Waals surface area (Å²) in [7, 11) is 0. The Bertz CT molecular complexity index is 1100. The van der Waals surface area contributed by atoms with Gasteiger partial charge in [-0.1, -0.05) is 25.5 Å². The van der Waals surface area contributed by atoms with Crippen molar-refractivity contribution in [1.29, 1.82) is 0 Å². The number of nitrogens with one attached hydrogen (secondary N) is 2. The Hall–Kier alpha value is -3.71. The average Bonchev–Trinajstić information content (AvgIpc) is 2.81. The lowest BCUT2D eigenvalue weighted by Gasteiger charge is -2.08. The number of aryl methyl sites for hydroxylation is 1. The number of carbonyl (C=O) groups is 1. The van der Waals surface area contributed by atoms with Crippen LogP contribution in [0.3, 0.4) is 0 Å². The highest BCUT2D eigenvalue weighted by molar-refractivity contribution is 7.80. The summed E-state index contributed by atoms with van der Waals surface area (Å²) in [6.07, 6.45) is 3.70. The van der Waals surface area contributed by atoms with Crippen LogP contribution in [0.25, 0.3) is 0 Å². The predicted molar refractivity (Wildman–Crippen MR) is 136 cm³/mol. The largest absolute Gasteiger partial charge is 0.494 e. The first-order chi connectivity index (χ1) is 16.0. The molecule has 0 aliphatic carbocycles. The van der Waals surface area contributed by atoms with Crippen molar-refractivity contribution in [3.8, 4) is 11.5 Å². The van der Waals surface area contributed by atoms with Gasteiger partial charge in [-0.25, -0.2) is 4.79 Å². The van der Waals surface area contributed by atoms with Gasteiger partial charge in [0.15, 0.2) is 5.11 Å². The number of hydrogen-bond acceptors (Lipinski definition) is 5. The molecule has 0 saturated heterocycles. The number of nitrogens with zero attached hydrogens (tertiary/aromatic N) is 1. The Kier molecular flexibility index (Phi) is 8.97. The zero-order valence-corrected chi connectivity index (χ0v) is 19.5. The van der Waals surface area contributed by atoms with Crippen molar-refractivity contribution in [3.63, 3.8) is 0 Å². The molecular weight excluding hydrogens is 434 g/mol. The summed E-state index contributed by atoms with van der Waals surface area (Å²) >= 11 is 5.24. The van der Waals surface area contributed by atoms with Crippen molar-refractivity contribution in [1.82, 2.24) is 5.43 Å². The highest BCUT2D eigenvalue weighted by Crippen LogP contribution is 2.17. The standard InChI is InChI=1S/C26H27N3O3S/c1-3-4-16-31-23-14-10-21(11-15-23)25(30)32-24-12-8-20(9-13-24)18-27-29-26(33)28-22-7-5-6-19(2)17-22/h5-15,17-18H,3-4,16H2,1-2H3,(H2,28,29,33)/b27-18+. The molecule has 6 nitrogen and oxygen atoms in total. The maximum Gasteiger partial charge on any atom is 0.343 e. The van der Waals surface area contributed by atoms with E-state index in [-0.39, 0.29) is 0 Å². The van der Waals surface area contributed by atoms with Gasteiger partial charge in [-0.3, -0.25) is 5.43 Å². The summed E-state index contributed by atoms with van der Waals surface area (Å²) in [5, 5.41) is 7.60. The van der Waals surface area contributed by atoms with Crippen LogP contribution in [-0.2, 0) is 0 Å². The maximum atomic E-state index is 12.4. The number of anilines is 1. The molecule has 3 rings (SSSR count). The van der Waals surface area contributed by atoms with Crippen LogP contribution < -0.4 is 20.2 Å². The number of hydrazone groups is 1. The van der Waals surface area contributed by atoms with E-state index >= 15 is 0 Å². The Morgan fingerprint density at radius 3 is 2.45 bits per heavy atom. The summed E-state index contributed by atoms with van der Waals surface area (Å²) in [5.41, 5.74) is 6.11. The normalized spacial score (nSPS) is 10.6. The molecule has 0 radical (unpaired) electrons. The molecular formula is C26H27N3O3S. The lowest BCUT2D eigenvalue weighted by molar-refractivity contribution is 0.0734. The monoisotopic (exact) mass is 461 g/mol. The first-order valence-corrected chi connectivity index (χ1v) is 11.2. The minimum absolute atomic E-state index is 0.393. The molecule has 2 N–H and O–H groups in total. The third-order valence-electron chi connectivity index (χ3n) is 4.60. The lowest BCUT2D eigenvalue weighted by atomic mass is 10.2. The van der Waals surface area contributed by atoms with Gasteiger partial charge in [0.1, 0.15) is 11.5 Å². The van der Waals surface area contributed by atoms with E-state index in [1.165, 1.54) is 0 Å². The van der Waals surface area contributed by atoms with Crippen LogP contribution in [0.1, 0.15) is 41.3 Å². The highest BCUT2D eigenvalue weighted by atomic mass is 32.1. The lowest BCUT2D eigenvalue weighted by Crippen LogP contribution is -2.23. The quantitative estimate of drug-likeness (QED) is 0.106. The molecule has 7 heteroatoms. The summed E-state index contributed by atoms with van der Waals surface area (Å²) in [4.78, 5) is 12.4. The van der Waals surface area contributed by atoms with Crippen LogP contribution in [0.5, 0.6) is 11.5 Å². The molecule has 0 spiro atoms. The molecule has 0 fully saturated rings. The van der Waals surface area contributed by atoms with Gasteiger partial charge in [-0.2, -0.15) is 5.10 Å². The second kappa shape index (κ2) is 12.4. The maximum absolute atomic E-state index is 12.4. The van der Waals surface area contributed by atoms with Crippen LogP contribution in [0.2, 0.25) is 0 Å². The van der Waals surface area contributed by atoms with E-state index in [2.05, 4.69) is 22.8 Å². The van der Waals surface area contributed by atoms with Gasteiger partial charge in [-0.15, -0.1) is 0 Å². The SMILES string of the molecule is CCCCOc1ccc(C(=O)Oc2ccc(/C=N/NC(=S)Nc3cccc(C)c3)cc2)cc1. The second-order valence-corrected chi connectivity index (χ2v) is 7.79. The molecule has 3 aromatic rings. The highest BCUT2D eigenvalue weighted by Gasteiger charge is 2.09. The minimum atomic E-state index is -0.425. The van der Waals surface area contributed by atoms with E-state index in [1.54, 1.807) is 54.7 Å². The van der Waals surface area contributed by atoms with Gasteiger partial charge in [0, 0.05) is 5.69 Å². The summed E-state index contributed by atoms with van der Waals surface area (Å²) in [5.74, 6) is 0.765. The molecule has 33 heavy (non-hydrogen) atoms. The number of unbranched alkanes of at least 4 members (excludes halogenated alkanes) is 1. The predicted octanol–water partition coefficient (Wildman–Crippen LogP) is 5.71. The van der Waals surface area contributed by atoms with Crippen molar-refractivity contribution >= 4 is 35.2 Å². The van der Waals surface area contributed by atoms with Crippen LogP contribution in [-0.4, -0.2) is 23.9 Å². The van der Waals surface area contributed by atoms with Gasteiger partial charge in [0.25, 0.3) is 0 Å². The van der Waals surface area contributed by atoms with E-state index in [1.807, 2.05) is 31.2 Å². The fourth-order valence-corrected chi connectivity index (χ4v) is 3.03. The summed E-state index contributed by atoms with van der Waals surface area (Å²) in [6, 6.07) is 21.9. The molecule has 3 aromatic carbocycles. The average molecular weight is 462 g/mol. The minimum Gasteiger partial charge on any atom is -0.494 e. The van der Waals surface area contributed by atoms with Gasteiger partial charge in [0.05, 0.1) is 18.4 Å². The van der Waals surface area contributed by atoms with Crippen molar-refractivity contribution in [2.24, 2.45) is 5.10 Å². The number of carbonyl (C=O) groups excluding carboxylic acids is 1. The van der Waals surface area contributed by atoms with Crippen molar-refractivity contribution < 1.29 is 14.3 Å². The second-order valence-electron chi connectivity index (χ2n) is 7.38. The molecule has 0 aliphatic rings. The first-order valence-electron chi connectivity index (χ1n) is 10.8. The van der Waals surface area contributed by atoms with E-state index in [9.17, 15) is 4.79 Å². The fourth-order valence-electron chi connectivity index (χ4n) is 2.86. The summed E-state index contributed by atoms with van der Waals surface area (Å²) in [6.45, 7) is 4.79. The molecule has 0 aliphatic heterocycles. The third kappa shape index (κ3) is 8.05. The molecule has 0 unspecified atom stereocenters. The number of thiocarbonyl (C=S) groups is 1. The molecule has 0 atom stereocenters. The molecule has 0 aromatic heterocycles. The Labute approximate surface area is 199 Å². The Morgan fingerprint density at radius 1 is 1.03 bits per heavy atom. The molecule has 0 bridgehead atoms. The first kappa shape index (κ1) is 23.9. The van der Waals surface area contributed by atoms with Crippen LogP contribution in [0, 0.1) is 6.92 Å². The molecule has 170 valence electrons. The van der Waals surface area contributed by atoms with Gasteiger partial charge >= 0.3 is 5.97 Å². The zero-order chi connectivity index (χ0) is 23.5. The van der Waals surface area contributed by atoms with Crippen molar-refractivity contribution in [3.05, 3.63) is 89.5 Å². The van der Waals surface area contributed by atoms with Gasteiger partial charge < -0.3 is 14.8 Å². The number of benzene rings is 3. The molecule has 0 heterocycles. The fraction of sp³-hybridized carbons (Fsp3) is 0.192.